The third-order valence-corrected chi connectivity index (χ3v) is 12.7. The first-order chi connectivity index (χ1) is 34.0. The average molecular weight is 964 g/mol. The minimum Gasteiger partial charge on any atom is -0.462 e. The molecule has 0 amide bonds. The van der Waals surface area contributed by atoms with Crippen molar-refractivity contribution in [1.82, 2.24) is 0 Å². The van der Waals surface area contributed by atoms with Crippen molar-refractivity contribution in [3.63, 3.8) is 0 Å². The van der Waals surface area contributed by atoms with Gasteiger partial charge in [0.05, 0.1) is 0 Å². The van der Waals surface area contributed by atoms with Gasteiger partial charge in [-0.2, -0.15) is 0 Å². The lowest BCUT2D eigenvalue weighted by atomic mass is 10.0. The molecule has 0 aliphatic carbocycles. The maximum absolute atomic E-state index is 12.9. The molecule has 1 atom stereocenters. The van der Waals surface area contributed by atoms with E-state index in [9.17, 15) is 14.4 Å². The largest absolute Gasteiger partial charge is 0.462 e. The van der Waals surface area contributed by atoms with Gasteiger partial charge in [-0.1, -0.05) is 254 Å². The van der Waals surface area contributed by atoms with E-state index < -0.39 is 6.10 Å². The normalized spacial score (nSPS) is 12.6. The van der Waals surface area contributed by atoms with Gasteiger partial charge in [0, 0.05) is 19.3 Å². The predicted octanol–water partition coefficient (Wildman–Crippen LogP) is 19.8. The number of esters is 3. The van der Waals surface area contributed by atoms with E-state index in [2.05, 4.69) is 93.7 Å². The lowest BCUT2D eigenvalue weighted by Crippen LogP contribution is -2.30. The van der Waals surface area contributed by atoms with Crippen molar-refractivity contribution in [2.45, 2.75) is 297 Å². The number of ether oxygens (including phenoxy) is 3. The smallest absolute Gasteiger partial charge is 0.306 e. The molecule has 0 bridgehead atoms. The lowest BCUT2D eigenvalue weighted by molar-refractivity contribution is -0.167. The van der Waals surface area contributed by atoms with Crippen LogP contribution in [0, 0.1) is 0 Å². The van der Waals surface area contributed by atoms with Gasteiger partial charge in [-0.15, -0.1) is 0 Å². The third kappa shape index (κ3) is 55.6. The van der Waals surface area contributed by atoms with E-state index in [1.54, 1.807) is 0 Å². The van der Waals surface area contributed by atoms with Crippen LogP contribution in [0.4, 0.5) is 0 Å². The van der Waals surface area contributed by atoms with Crippen LogP contribution in [0.5, 0.6) is 0 Å². The molecule has 0 fully saturated rings. The van der Waals surface area contributed by atoms with Gasteiger partial charge in [0.2, 0.25) is 0 Å². The van der Waals surface area contributed by atoms with E-state index in [4.69, 9.17) is 14.2 Å². The highest BCUT2D eigenvalue weighted by Crippen LogP contribution is 2.16. The van der Waals surface area contributed by atoms with Crippen LogP contribution in [0.1, 0.15) is 290 Å². The fourth-order valence-electron chi connectivity index (χ4n) is 8.29. The molecular weight excluding hydrogens is 853 g/mol. The van der Waals surface area contributed by atoms with Gasteiger partial charge in [-0.25, -0.2) is 0 Å². The predicted molar refractivity (Wildman–Crippen MR) is 298 cm³/mol. The Bertz CT molecular complexity index is 1290. The van der Waals surface area contributed by atoms with Crippen LogP contribution in [0.15, 0.2) is 72.9 Å². The summed E-state index contributed by atoms with van der Waals surface area (Å²) < 4.78 is 16.9. The van der Waals surface area contributed by atoms with E-state index in [0.29, 0.717) is 19.3 Å². The number of rotatable bonds is 53. The highest BCUT2D eigenvalue weighted by Gasteiger charge is 2.19. The Hall–Kier alpha value is -3.15. The number of allylic oxidation sites excluding steroid dienone is 12. The molecule has 6 heteroatoms. The number of hydrogen-bond donors (Lipinski definition) is 0. The molecule has 0 saturated heterocycles. The second-order valence-electron chi connectivity index (χ2n) is 19.5. The van der Waals surface area contributed by atoms with Gasteiger partial charge in [0.15, 0.2) is 6.10 Å². The van der Waals surface area contributed by atoms with E-state index in [0.717, 1.165) is 96.3 Å². The summed E-state index contributed by atoms with van der Waals surface area (Å²) in [6.07, 6.45) is 73.2. The Morgan fingerprint density at radius 3 is 0.913 bits per heavy atom. The highest BCUT2D eigenvalue weighted by atomic mass is 16.6. The van der Waals surface area contributed by atoms with Crippen molar-refractivity contribution in [1.29, 1.82) is 0 Å². The maximum atomic E-state index is 12.9. The van der Waals surface area contributed by atoms with Crippen molar-refractivity contribution >= 4 is 17.9 Å². The summed E-state index contributed by atoms with van der Waals surface area (Å²) in [5.74, 6) is -0.913. The van der Waals surface area contributed by atoms with Gasteiger partial charge in [-0.3, -0.25) is 14.4 Å². The van der Waals surface area contributed by atoms with Crippen LogP contribution in [0.25, 0.3) is 0 Å². The molecule has 0 aromatic heterocycles. The van der Waals surface area contributed by atoms with Crippen molar-refractivity contribution in [3.05, 3.63) is 72.9 Å². The zero-order chi connectivity index (χ0) is 50.0. The van der Waals surface area contributed by atoms with Gasteiger partial charge in [0.25, 0.3) is 0 Å². The Kier molecular flexibility index (Phi) is 54.8. The molecule has 0 N–H and O–H groups in total. The summed E-state index contributed by atoms with van der Waals surface area (Å²) >= 11 is 0. The van der Waals surface area contributed by atoms with Crippen molar-refractivity contribution in [2.75, 3.05) is 13.2 Å². The fraction of sp³-hybridized carbons (Fsp3) is 0.762. The third-order valence-electron chi connectivity index (χ3n) is 12.7. The van der Waals surface area contributed by atoms with E-state index in [1.165, 1.54) is 154 Å². The number of hydrogen-bond acceptors (Lipinski definition) is 6. The van der Waals surface area contributed by atoms with Crippen molar-refractivity contribution in [3.8, 4) is 0 Å². The average Bonchev–Trinajstić information content (AvgIpc) is 3.35. The van der Waals surface area contributed by atoms with Crippen LogP contribution >= 0.6 is 0 Å². The first kappa shape index (κ1) is 65.8. The zero-order valence-electron chi connectivity index (χ0n) is 45.6. The van der Waals surface area contributed by atoms with Crippen LogP contribution < -0.4 is 0 Å². The second-order valence-corrected chi connectivity index (χ2v) is 19.5. The molecule has 69 heavy (non-hydrogen) atoms. The first-order valence-corrected chi connectivity index (χ1v) is 29.4. The molecule has 0 radical (unpaired) electrons. The minimum atomic E-state index is -0.790. The molecule has 0 spiro atoms. The monoisotopic (exact) mass is 963 g/mol. The molecule has 398 valence electrons. The molecule has 0 aliphatic rings. The van der Waals surface area contributed by atoms with Crippen molar-refractivity contribution < 1.29 is 28.6 Å². The molecule has 0 heterocycles. The summed E-state index contributed by atoms with van der Waals surface area (Å²) in [5.41, 5.74) is 0. The Morgan fingerprint density at radius 1 is 0.304 bits per heavy atom. The molecule has 0 aromatic rings. The molecule has 0 unspecified atom stereocenters. The van der Waals surface area contributed by atoms with Crippen molar-refractivity contribution in [2.24, 2.45) is 0 Å². The quantitative estimate of drug-likeness (QED) is 0.0262. The highest BCUT2D eigenvalue weighted by molar-refractivity contribution is 5.71. The topological polar surface area (TPSA) is 78.9 Å². The summed E-state index contributed by atoms with van der Waals surface area (Å²) in [4.78, 5) is 38.2. The fourth-order valence-corrected chi connectivity index (χ4v) is 8.29. The Labute approximate surface area is 427 Å². The molecule has 6 nitrogen and oxygen atoms in total. The SMILES string of the molecule is CC/C=C\C/C=C\C/C=C\C/C=C\C/C=C\CCCCCC(=O)OC[C@@H](COC(=O)CCCCCCCCCCCCCCC)OC(=O)CCCCCCCCC/C=C\CCCCCCCCCC. The van der Waals surface area contributed by atoms with Gasteiger partial charge >= 0.3 is 17.9 Å². The zero-order valence-corrected chi connectivity index (χ0v) is 45.6. The van der Waals surface area contributed by atoms with Crippen LogP contribution in [-0.4, -0.2) is 37.2 Å². The molecule has 0 aromatic carbocycles. The second kappa shape index (κ2) is 57.4. The Morgan fingerprint density at radius 2 is 0.565 bits per heavy atom. The van der Waals surface area contributed by atoms with E-state index in [-0.39, 0.29) is 31.1 Å². The number of carbonyl (C=O) groups is 3. The summed E-state index contributed by atoms with van der Waals surface area (Å²) in [6, 6.07) is 0. The van der Waals surface area contributed by atoms with Gasteiger partial charge in [-0.05, 0) is 89.9 Å². The van der Waals surface area contributed by atoms with Gasteiger partial charge < -0.3 is 14.2 Å². The first-order valence-electron chi connectivity index (χ1n) is 29.4. The number of carbonyl (C=O) groups excluding carboxylic acids is 3. The molecule has 0 rings (SSSR count). The van der Waals surface area contributed by atoms with Crippen LogP contribution in [0.3, 0.4) is 0 Å². The van der Waals surface area contributed by atoms with Gasteiger partial charge in [0.1, 0.15) is 13.2 Å². The van der Waals surface area contributed by atoms with E-state index >= 15 is 0 Å². The Balaban J connectivity index is 4.42. The standard InChI is InChI=1S/C63H110O6/c1-4-7-10-13-16-19-22-25-27-29-31-33-35-38-41-44-47-50-53-56-62(65)68-59-60(58-67-61(64)55-52-49-46-43-40-37-24-21-18-15-12-9-6-3)69-63(66)57-54-51-48-45-42-39-36-34-32-30-28-26-23-20-17-14-11-8-5-2/h7,10,16,19,25,27,30-33,38,41,60H,4-6,8-9,11-15,17-18,20-24,26,28-29,34-37,39-40,42-59H2,1-3H3/b10-7-,19-16-,27-25-,32-30-,33-31-,41-38-/t60-/m1/s1. The van der Waals surface area contributed by atoms with E-state index in [1.807, 2.05) is 0 Å². The number of unbranched alkanes of at least 4 members (excludes halogenated alkanes) is 30. The maximum Gasteiger partial charge on any atom is 0.306 e. The molecule has 0 saturated carbocycles. The van der Waals surface area contributed by atoms with Crippen LogP contribution in [0.2, 0.25) is 0 Å². The lowest BCUT2D eigenvalue weighted by Gasteiger charge is -2.18. The molecule has 0 aliphatic heterocycles. The summed E-state index contributed by atoms with van der Waals surface area (Å²) in [5, 5.41) is 0. The molecular formula is C63H110O6. The summed E-state index contributed by atoms with van der Waals surface area (Å²) in [7, 11) is 0. The van der Waals surface area contributed by atoms with Crippen LogP contribution in [-0.2, 0) is 28.6 Å². The summed E-state index contributed by atoms with van der Waals surface area (Å²) in [6.45, 7) is 6.52. The minimum absolute atomic E-state index is 0.0854.